The Hall–Kier alpha value is -4.05. The second-order valence-electron chi connectivity index (χ2n) is 10.4. The Labute approximate surface area is 249 Å². The molecule has 0 spiro atoms. The van der Waals surface area contributed by atoms with Gasteiger partial charge in [-0.2, -0.15) is 0 Å². The SMILES string of the molecule is CC[C@H](C)NC(=O)[C@H](C)N(Cc1ccc(C)cc1)C(=O)CN(c1cc(OC)ccc1OC)S(=O)(=O)c1ccc(C)cc1. The molecule has 3 aromatic rings. The van der Waals surface area contributed by atoms with Crippen molar-refractivity contribution < 1.29 is 27.5 Å². The summed E-state index contributed by atoms with van der Waals surface area (Å²) in [5.74, 6) is -0.244. The summed E-state index contributed by atoms with van der Waals surface area (Å²) < 4.78 is 40.2. The number of ether oxygens (including phenoxy) is 2. The van der Waals surface area contributed by atoms with Gasteiger partial charge in [0.05, 0.1) is 24.8 Å². The summed E-state index contributed by atoms with van der Waals surface area (Å²) in [6.45, 7) is 8.85. The Bertz CT molecular complexity index is 1470. The third-order valence-electron chi connectivity index (χ3n) is 7.18. The van der Waals surface area contributed by atoms with Crippen molar-refractivity contribution in [1.29, 1.82) is 0 Å². The van der Waals surface area contributed by atoms with Crippen LogP contribution in [-0.2, 0) is 26.2 Å². The molecule has 0 radical (unpaired) electrons. The highest BCUT2D eigenvalue weighted by molar-refractivity contribution is 7.92. The molecule has 1 N–H and O–H groups in total. The normalized spacial score (nSPS) is 12.6. The van der Waals surface area contributed by atoms with Crippen molar-refractivity contribution in [2.45, 2.75) is 64.6 Å². The third kappa shape index (κ3) is 7.82. The number of hydrogen-bond donors (Lipinski definition) is 1. The van der Waals surface area contributed by atoms with E-state index in [9.17, 15) is 18.0 Å². The second-order valence-corrected chi connectivity index (χ2v) is 12.2. The number of carbonyl (C=O) groups is 2. The van der Waals surface area contributed by atoms with Crippen molar-refractivity contribution in [1.82, 2.24) is 10.2 Å². The van der Waals surface area contributed by atoms with Crippen LogP contribution in [0.15, 0.2) is 71.6 Å². The molecule has 42 heavy (non-hydrogen) atoms. The largest absolute Gasteiger partial charge is 0.497 e. The number of hydrogen-bond acceptors (Lipinski definition) is 6. The number of anilines is 1. The topological polar surface area (TPSA) is 105 Å². The predicted molar refractivity (Wildman–Crippen MR) is 164 cm³/mol. The van der Waals surface area contributed by atoms with Gasteiger partial charge in [-0.05, 0) is 63.9 Å². The molecule has 0 aromatic heterocycles. The molecule has 226 valence electrons. The summed E-state index contributed by atoms with van der Waals surface area (Å²) in [5.41, 5.74) is 2.89. The van der Waals surface area contributed by atoms with Gasteiger partial charge in [0.25, 0.3) is 10.0 Å². The van der Waals surface area contributed by atoms with E-state index in [0.29, 0.717) is 5.75 Å². The van der Waals surface area contributed by atoms with E-state index < -0.39 is 28.5 Å². The second kappa shape index (κ2) is 14.2. The molecule has 0 bridgehead atoms. The molecule has 0 aliphatic rings. The van der Waals surface area contributed by atoms with E-state index in [4.69, 9.17) is 9.47 Å². The van der Waals surface area contributed by atoms with Gasteiger partial charge in [-0.25, -0.2) is 8.42 Å². The van der Waals surface area contributed by atoms with Gasteiger partial charge in [-0.15, -0.1) is 0 Å². The number of amides is 2. The average Bonchev–Trinajstić information content (AvgIpc) is 2.98. The quantitative estimate of drug-likeness (QED) is 0.303. The van der Waals surface area contributed by atoms with Crippen molar-refractivity contribution in [3.63, 3.8) is 0 Å². The predicted octanol–water partition coefficient (Wildman–Crippen LogP) is 4.85. The van der Waals surface area contributed by atoms with Gasteiger partial charge >= 0.3 is 0 Å². The number of aryl methyl sites for hydroxylation is 2. The van der Waals surface area contributed by atoms with Gasteiger partial charge in [0.1, 0.15) is 24.1 Å². The lowest BCUT2D eigenvalue weighted by atomic mass is 10.1. The summed E-state index contributed by atoms with van der Waals surface area (Å²) in [4.78, 5) is 28.8. The zero-order valence-electron chi connectivity index (χ0n) is 25.4. The van der Waals surface area contributed by atoms with Crippen LogP contribution in [0.3, 0.4) is 0 Å². The Kier molecular flexibility index (Phi) is 11.0. The highest BCUT2D eigenvalue weighted by Crippen LogP contribution is 2.36. The number of benzene rings is 3. The lowest BCUT2D eigenvalue weighted by molar-refractivity contribution is -0.139. The number of nitrogens with one attached hydrogen (secondary N) is 1. The molecule has 2 amide bonds. The Balaban J connectivity index is 2.11. The highest BCUT2D eigenvalue weighted by Gasteiger charge is 2.34. The van der Waals surface area contributed by atoms with Crippen LogP contribution in [0.1, 0.15) is 43.9 Å². The first kappa shape index (κ1) is 32.5. The van der Waals surface area contributed by atoms with Crippen LogP contribution in [0, 0.1) is 13.8 Å². The van der Waals surface area contributed by atoms with Gasteiger partial charge in [-0.1, -0.05) is 54.4 Å². The summed E-state index contributed by atoms with van der Waals surface area (Å²) >= 11 is 0. The average molecular weight is 596 g/mol. The van der Waals surface area contributed by atoms with E-state index in [0.717, 1.165) is 27.4 Å². The molecular weight excluding hydrogens is 554 g/mol. The van der Waals surface area contributed by atoms with E-state index in [1.807, 2.05) is 52.0 Å². The molecule has 0 aliphatic heterocycles. The first-order valence-electron chi connectivity index (χ1n) is 13.9. The van der Waals surface area contributed by atoms with E-state index in [-0.39, 0.29) is 34.8 Å². The zero-order chi connectivity index (χ0) is 31.0. The van der Waals surface area contributed by atoms with Gasteiger partial charge < -0.3 is 19.7 Å². The molecule has 10 heteroatoms. The third-order valence-corrected chi connectivity index (χ3v) is 8.96. The maximum Gasteiger partial charge on any atom is 0.264 e. The lowest BCUT2D eigenvalue weighted by Gasteiger charge is -2.33. The number of methoxy groups -OCH3 is 2. The van der Waals surface area contributed by atoms with E-state index in [2.05, 4.69) is 5.32 Å². The van der Waals surface area contributed by atoms with Crippen molar-refractivity contribution in [2.24, 2.45) is 0 Å². The van der Waals surface area contributed by atoms with Crippen LogP contribution in [0.2, 0.25) is 0 Å². The van der Waals surface area contributed by atoms with Crippen molar-refractivity contribution in [2.75, 3.05) is 25.1 Å². The monoisotopic (exact) mass is 595 g/mol. The molecule has 0 heterocycles. The van der Waals surface area contributed by atoms with E-state index in [1.54, 1.807) is 31.2 Å². The van der Waals surface area contributed by atoms with Crippen LogP contribution in [-0.4, -0.2) is 58.0 Å². The van der Waals surface area contributed by atoms with Crippen LogP contribution in [0.5, 0.6) is 11.5 Å². The zero-order valence-corrected chi connectivity index (χ0v) is 26.2. The maximum atomic E-state index is 14.2. The number of carbonyl (C=O) groups excluding carboxylic acids is 2. The molecule has 0 saturated carbocycles. The maximum absolute atomic E-state index is 14.2. The van der Waals surface area contributed by atoms with Crippen LogP contribution in [0.25, 0.3) is 0 Å². The van der Waals surface area contributed by atoms with Gasteiger partial charge in [0, 0.05) is 18.7 Å². The molecule has 0 unspecified atom stereocenters. The summed E-state index contributed by atoms with van der Waals surface area (Å²) in [6, 6.07) is 17.8. The number of nitrogens with zero attached hydrogens (tertiary/aromatic N) is 2. The highest BCUT2D eigenvalue weighted by atomic mass is 32.2. The molecule has 0 aliphatic carbocycles. The number of sulfonamides is 1. The molecule has 2 atom stereocenters. The van der Waals surface area contributed by atoms with E-state index >= 15 is 0 Å². The summed E-state index contributed by atoms with van der Waals surface area (Å²) in [7, 11) is -1.36. The van der Waals surface area contributed by atoms with Crippen LogP contribution in [0.4, 0.5) is 5.69 Å². The van der Waals surface area contributed by atoms with Gasteiger partial charge in [0.2, 0.25) is 11.8 Å². The van der Waals surface area contributed by atoms with Gasteiger partial charge in [-0.3, -0.25) is 13.9 Å². The minimum absolute atomic E-state index is 0.0124. The number of rotatable bonds is 13. The standard InChI is InChI=1S/C32H41N3O6S/c1-8-24(4)33-32(37)25(5)34(20-26-13-9-22(2)10-14-26)31(36)21-35(29-19-27(40-6)15-18-30(29)41-7)42(38,39)28-16-11-23(3)12-17-28/h9-19,24-25H,8,20-21H2,1-7H3,(H,33,37)/t24-,25-/m0/s1. The Morgan fingerprint density at radius 2 is 1.48 bits per heavy atom. The molecule has 0 saturated heterocycles. The summed E-state index contributed by atoms with van der Waals surface area (Å²) in [6.07, 6.45) is 0.725. The molecule has 9 nitrogen and oxygen atoms in total. The van der Waals surface area contributed by atoms with E-state index in [1.165, 1.54) is 37.3 Å². The fourth-order valence-electron chi connectivity index (χ4n) is 4.28. The van der Waals surface area contributed by atoms with Crippen molar-refractivity contribution in [3.05, 3.63) is 83.4 Å². The van der Waals surface area contributed by atoms with Crippen molar-refractivity contribution in [3.8, 4) is 11.5 Å². The van der Waals surface area contributed by atoms with Gasteiger partial charge in [0.15, 0.2) is 0 Å². The fourth-order valence-corrected chi connectivity index (χ4v) is 5.70. The Morgan fingerprint density at radius 1 is 0.881 bits per heavy atom. The fraction of sp³-hybridized carbons (Fsp3) is 0.375. The smallest absolute Gasteiger partial charge is 0.264 e. The minimum atomic E-state index is -4.25. The molecule has 0 fully saturated rings. The lowest BCUT2D eigenvalue weighted by Crippen LogP contribution is -2.52. The first-order valence-corrected chi connectivity index (χ1v) is 15.3. The molecule has 3 aromatic carbocycles. The minimum Gasteiger partial charge on any atom is -0.497 e. The van der Waals surface area contributed by atoms with Crippen LogP contribution < -0.4 is 19.1 Å². The first-order chi connectivity index (χ1) is 19.9. The van der Waals surface area contributed by atoms with Crippen LogP contribution >= 0.6 is 0 Å². The molecule has 3 rings (SSSR count). The van der Waals surface area contributed by atoms with Crippen molar-refractivity contribution >= 4 is 27.5 Å². The summed E-state index contributed by atoms with van der Waals surface area (Å²) in [5, 5.41) is 2.94. The Morgan fingerprint density at radius 3 is 2.02 bits per heavy atom. The molecular formula is C32H41N3O6S.